The van der Waals surface area contributed by atoms with Gasteiger partial charge in [-0.3, -0.25) is 14.5 Å². The molecular formula is C10H8ClNO2S. The third-order valence-corrected chi connectivity index (χ3v) is 3.41. The molecule has 15 heavy (non-hydrogen) atoms. The van der Waals surface area contributed by atoms with Crippen LogP contribution in [0.1, 0.15) is 10.4 Å². The lowest BCUT2D eigenvalue weighted by Crippen LogP contribution is -2.33. The molecule has 5 heteroatoms. The van der Waals surface area contributed by atoms with Crippen LogP contribution in [0.5, 0.6) is 0 Å². The van der Waals surface area contributed by atoms with E-state index in [4.69, 9.17) is 11.6 Å². The number of halogens is 1. The molecule has 0 spiro atoms. The summed E-state index contributed by atoms with van der Waals surface area (Å²) in [5.74, 6) is 0.372. The SMILES string of the molecule is O=C(Cl)N1CCSc2ccccc2C1=O. The van der Waals surface area contributed by atoms with Crippen LogP contribution in [-0.4, -0.2) is 28.5 Å². The van der Waals surface area contributed by atoms with Crippen molar-refractivity contribution in [2.75, 3.05) is 12.3 Å². The number of amides is 2. The fourth-order valence-corrected chi connectivity index (χ4v) is 2.57. The van der Waals surface area contributed by atoms with Crippen molar-refractivity contribution in [3.05, 3.63) is 29.8 Å². The Morgan fingerprint density at radius 1 is 1.40 bits per heavy atom. The molecule has 3 nitrogen and oxygen atoms in total. The van der Waals surface area contributed by atoms with Gasteiger partial charge in [-0.2, -0.15) is 0 Å². The third kappa shape index (κ3) is 2.01. The Kier molecular flexibility index (Phi) is 2.98. The highest BCUT2D eigenvalue weighted by atomic mass is 35.5. The number of carbonyl (C=O) groups is 2. The van der Waals surface area contributed by atoms with Crippen LogP contribution in [0.3, 0.4) is 0 Å². The molecule has 78 valence electrons. The lowest BCUT2D eigenvalue weighted by molar-refractivity contribution is 0.0825. The zero-order valence-corrected chi connectivity index (χ0v) is 9.35. The Balaban J connectivity index is 2.43. The van der Waals surface area contributed by atoms with E-state index in [9.17, 15) is 9.59 Å². The lowest BCUT2D eigenvalue weighted by atomic mass is 10.2. The van der Waals surface area contributed by atoms with E-state index in [2.05, 4.69) is 0 Å². The van der Waals surface area contributed by atoms with Crippen LogP contribution in [0.15, 0.2) is 29.2 Å². The molecule has 1 aliphatic rings. The van der Waals surface area contributed by atoms with Gasteiger partial charge in [0.2, 0.25) is 0 Å². The molecule has 1 heterocycles. The van der Waals surface area contributed by atoms with Gasteiger partial charge in [-0.15, -0.1) is 11.8 Å². The maximum Gasteiger partial charge on any atom is 0.323 e. The van der Waals surface area contributed by atoms with Crippen LogP contribution >= 0.6 is 23.4 Å². The Labute approximate surface area is 96.4 Å². The molecule has 2 rings (SSSR count). The zero-order valence-electron chi connectivity index (χ0n) is 7.77. The fraction of sp³-hybridized carbons (Fsp3) is 0.200. The summed E-state index contributed by atoms with van der Waals surface area (Å²) in [6, 6.07) is 7.24. The molecule has 0 aromatic heterocycles. The minimum atomic E-state index is -0.711. The summed E-state index contributed by atoms with van der Waals surface area (Å²) >= 11 is 6.91. The topological polar surface area (TPSA) is 37.4 Å². The highest BCUT2D eigenvalue weighted by Gasteiger charge is 2.25. The Bertz CT molecular complexity index is 422. The van der Waals surface area contributed by atoms with E-state index in [-0.39, 0.29) is 5.91 Å². The summed E-state index contributed by atoms with van der Waals surface area (Å²) in [5.41, 5.74) is 0.550. The number of benzene rings is 1. The van der Waals surface area contributed by atoms with Crippen LogP contribution in [-0.2, 0) is 0 Å². The van der Waals surface area contributed by atoms with Gasteiger partial charge in [0, 0.05) is 17.2 Å². The van der Waals surface area contributed by atoms with Gasteiger partial charge in [-0.1, -0.05) is 12.1 Å². The highest BCUT2D eigenvalue weighted by molar-refractivity contribution is 7.99. The van der Waals surface area contributed by atoms with Gasteiger partial charge in [0.25, 0.3) is 5.91 Å². The standard InChI is InChI=1S/C10H8ClNO2S/c11-10(14)12-5-6-15-8-4-2-1-3-7(8)9(12)13/h1-4H,5-6H2. The van der Waals surface area contributed by atoms with Crippen LogP contribution in [0, 0.1) is 0 Å². The van der Waals surface area contributed by atoms with Crippen molar-refractivity contribution in [1.82, 2.24) is 4.90 Å². The van der Waals surface area contributed by atoms with E-state index in [1.807, 2.05) is 12.1 Å². The molecule has 0 unspecified atom stereocenters. The van der Waals surface area contributed by atoms with Crippen molar-refractivity contribution in [2.45, 2.75) is 4.90 Å². The first kappa shape index (κ1) is 10.5. The molecular weight excluding hydrogens is 234 g/mol. The van der Waals surface area contributed by atoms with Crippen molar-refractivity contribution in [2.24, 2.45) is 0 Å². The number of rotatable bonds is 0. The Hall–Kier alpha value is -1.00. The molecule has 1 aliphatic heterocycles. The minimum absolute atomic E-state index is 0.310. The first-order valence-electron chi connectivity index (χ1n) is 4.43. The highest BCUT2D eigenvalue weighted by Crippen LogP contribution is 2.27. The molecule has 0 N–H and O–H groups in total. The Morgan fingerprint density at radius 3 is 2.87 bits per heavy atom. The quantitative estimate of drug-likeness (QED) is 0.518. The number of carbonyl (C=O) groups excluding carboxylic acids is 2. The average Bonchev–Trinajstić information content (AvgIpc) is 2.39. The van der Waals surface area contributed by atoms with Crippen molar-refractivity contribution in [3.63, 3.8) is 0 Å². The second-order valence-corrected chi connectivity index (χ2v) is 4.51. The molecule has 0 saturated heterocycles. The Morgan fingerprint density at radius 2 is 2.13 bits per heavy atom. The maximum absolute atomic E-state index is 11.9. The van der Waals surface area contributed by atoms with Crippen molar-refractivity contribution in [1.29, 1.82) is 0 Å². The van der Waals surface area contributed by atoms with Crippen molar-refractivity contribution >= 4 is 34.6 Å². The lowest BCUT2D eigenvalue weighted by Gasteiger charge is -2.14. The van der Waals surface area contributed by atoms with Crippen LogP contribution in [0.4, 0.5) is 4.79 Å². The summed E-state index contributed by atoms with van der Waals surface area (Å²) in [6.07, 6.45) is 0. The smallest absolute Gasteiger partial charge is 0.269 e. The van der Waals surface area contributed by atoms with E-state index < -0.39 is 5.37 Å². The zero-order chi connectivity index (χ0) is 10.8. The van der Waals surface area contributed by atoms with Crippen LogP contribution in [0.2, 0.25) is 0 Å². The van der Waals surface area contributed by atoms with E-state index in [1.165, 1.54) is 0 Å². The number of hydrogen-bond donors (Lipinski definition) is 0. The monoisotopic (exact) mass is 241 g/mol. The van der Waals surface area contributed by atoms with Gasteiger partial charge in [0.1, 0.15) is 0 Å². The van der Waals surface area contributed by atoms with E-state index >= 15 is 0 Å². The van der Waals surface area contributed by atoms with Gasteiger partial charge in [-0.05, 0) is 23.7 Å². The average molecular weight is 242 g/mol. The van der Waals surface area contributed by atoms with Gasteiger partial charge >= 0.3 is 5.37 Å². The number of nitrogens with zero attached hydrogens (tertiary/aromatic N) is 1. The number of fused-ring (bicyclic) bond motifs is 1. The predicted octanol–water partition coefficient (Wildman–Crippen LogP) is 2.59. The number of hydrogen-bond acceptors (Lipinski definition) is 3. The van der Waals surface area contributed by atoms with Crippen LogP contribution < -0.4 is 0 Å². The molecule has 0 saturated carbocycles. The number of imide groups is 1. The molecule has 0 bridgehead atoms. The van der Waals surface area contributed by atoms with E-state index in [0.29, 0.717) is 17.9 Å². The summed E-state index contributed by atoms with van der Waals surface area (Å²) in [5, 5.41) is -0.711. The minimum Gasteiger partial charge on any atom is -0.269 e. The maximum atomic E-state index is 11.9. The van der Waals surface area contributed by atoms with Crippen molar-refractivity contribution in [3.8, 4) is 0 Å². The summed E-state index contributed by atoms with van der Waals surface area (Å²) in [4.78, 5) is 24.9. The molecule has 0 atom stereocenters. The number of thioether (sulfide) groups is 1. The molecule has 2 amide bonds. The molecule has 1 aromatic rings. The second kappa shape index (κ2) is 4.24. The molecule has 0 radical (unpaired) electrons. The first-order valence-corrected chi connectivity index (χ1v) is 5.79. The fourth-order valence-electron chi connectivity index (χ4n) is 1.43. The summed E-state index contributed by atoms with van der Waals surface area (Å²) in [7, 11) is 0. The van der Waals surface area contributed by atoms with E-state index in [0.717, 1.165) is 9.80 Å². The van der Waals surface area contributed by atoms with Crippen molar-refractivity contribution < 1.29 is 9.59 Å². The first-order chi connectivity index (χ1) is 7.20. The van der Waals surface area contributed by atoms with Gasteiger partial charge in [-0.25, -0.2) is 0 Å². The molecule has 0 aliphatic carbocycles. The predicted molar refractivity (Wildman–Crippen MR) is 59.5 cm³/mol. The van der Waals surface area contributed by atoms with Crippen LogP contribution in [0.25, 0.3) is 0 Å². The van der Waals surface area contributed by atoms with Gasteiger partial charge < -0.3 is 0 Å². The van der Waals surface area contributed by atoms with Gasteiger partial charge in [0.15, 0.2) is 0 Å². The summed E-state index contributed by atoms with van der Waals surface area (Å²) in [6.45, 7) is 0.362. The largest absolute Gasteiger partial charge is 0.323 e. The van der Waals surface area contributed by atoms with E-state index in [1.54, 1.807) is 23.9 Å². The molecule has 1 aromatic carbocycles. The third-order valence-electron chi connectivity index (χ3n) is 2.15. The van der Waals surface area contributed by atoms with Gasteiger partial charge in [0.05, 0.1) is 5.56 Å². The molecule has 0 fully saturated rings. The normalized spacial score (nSPS) is 15.8. The second-order valence-electron chi connectivity index (χ2n) is 3.05. The summed E-state index contributed by atoms with van der Waals surface area (Å²) < 4.78 is 0.